The van der Waals surface area contributed by atoms with Crippen LogP contribution in [0.5, 0.6) is 0 Å². The molecule has 0 radical (unpaired) electrons. The fourth-order valence-electron chi connectivity index (χ4n) is 1.45. The Balaban J connectivity index is 2.64. The molecule has 0 spiro atoms. The average Bonchev–Trinajstić information content (AvgIpc) is 2.40. The SMILES string of the molecule is CS(=O)(=O)CCCNC(=O)c1ncccc1C#CCN. The molecule has 0 aliphatic carbocycles. The van der Waals surface area contributed by atoms with Crippen molar-refractivity contribution in [2.75, 3.05) is 25.1 Å². The molecule has 20 heavy (non-hydrogen) atoms. The Labute approximate surface area is 118 Å². The molecule has 0 atom stereocenters. The molecule has 0 bridgehead atoms. The first kappa shape index (κ1) is 16.1. The van der Waals surface area contributed by atoms with Gasteiger partial charge in [0.25, 0.3) is 5.91 Å². The number of amides is 1. The standard InChI is InChI=1S/C13H17N3O3S/c1-20(18,19)10-4-9-16-13(17)12-11(5-2-7-14)6-3-8-15-12/h3,6,8H,4,7,9-10,14H2,1H3,(H,16,17). The second-order valence-electron chi connectivity index (χ2n) is 4.14. The molecular weight excluding hydrogens is 278 g/mol. The largest absolute Gasteiger partial charge is 0.351 e. The van der Waals surface area contributed by atoms with Crippen LogP contribution in [0.15, 0.2) is 18.3 Å². The lowest BCUT2D eigenvalue weighted by molar-refractivity contribution is 0.0948. The molecule has 0 aliphatic rings. The molecule has 3 N–H and O–H groups in total. The van der Waals surface area contributed by atoms with E-state index in [9.17, 15) is 13.2 Å². The van der Waals surface area contributed by atoms with Crippen molar-refractivity contribution in [3.63, 3.8) is 0 Å². The van der Waals surface area contributed by atoms with Gasteiger partial charge in [-0.05, 0) is 18.6 Å². The van der Waals surface area contributed by atoms with Crippen molar-refractivity contribution in [3.8, 4) is 11.8 Å². The van der Waals surface area contributed by atoms with Gasteiger partial charge in [-0.25, -0.2) is 13.4 Å². The smallest absolute Gasteiger partial charge is 0.271 e. The zero-order valence-corrected chi connectivity index (χ0v) is 12.0. The lowest BCUT2D eigenvalue weighted by Crippen LogP contribution is -2.27. The fourth-order valence-corrected chi connectivity index (χ4v) is 2.12. The normalized spacial score (nSPS) is 10.5. The minimum atomic E-state index is -3.01. The molecular formula is C13H17N3O3S. The van der Waals surface area contributed by atoms with Crippen LogP contribution in [0.1, 0.15) is 22.5 Å². The Morgan fingerprint density at radius 2 is 2.25 bits per heavy atom. The Morgan fingerprint density at radius 3 is 2.90 bits per heavy atom. The Morgan fingerprint density at radius 1 is 1.50 bits per heavy atom. The molecule has 1 rings (SSSR count). The van der Waals surface area contributed by atoms with Gasteiger partial charge in [0.15, 0.2) is 0 Å². The van der Waals surface area contributed by atoms with E-state index in [4.69, 9.17) is 5.73 Å². The lowest BCUT2D eigenvalue weighted by atomic mass is 10.2. The molecule has 0 fully saturated rings. The van der Waals surface area contributed by atoms with Gasteiger partial charge in [0.2, 0.25) is 0 Å². The number of carbonyl (C=O) groups is 1. The Bertz CT molecular complexity index is 630. The van der Waals surface area contributed by atoms with Gasteiger partial charge in [-0.2, -0.15) is 0 Å². The van der Waals surface area contributed by atoms with E-state index in [1.807, 2.05) is 0 Å². The van der Waals surface area contributed by atoms with Crippen LogP contribution >= 0.6 is 0 Å². The van der Waals surface area contributed by atoms with Crippen LogP contribution in [0.3, 0.4) is 0 Å². The van der Waals surface area contributed by atoms with Crippen LogP contribution < -0.4 is 11.1 Å². The van der Waals surface area contributed by atoms with Crippen molar-refractivity contribution >= 4 is 15.7 Å². The lowest BCUT2D eigenvalue weighted by Gasteiger charge is -2.05. The maximum atomic E-state index is 11.9. The summed E-state index contributed by atoms with van der Waals surface area (Å²) < 4.78 is 21.9. The van der Waals surface area contributed by atoms with Crippen LogP contribution in [0.2, 0.25) is 0 Å². The van der Waals surface area contributed by atoms with E-state index in [-0.39, 0.29) is 30.4 Å². The third-order valence-electron chi connectivity index (χ3n) is 2.33. The second-order valence-corrected chi connectivity index (χ2v) is 6.40. The molecule has 108 valence electrons. The number of nitrogens with zero attached hydrogens (tertiary/aromatic N) is 1. The molecule has 1 amide bonds. The number of nitrogens with two attached hydrogens (primary N) is 1. The summed E-state index contributed by atoms with van der Waals surface area (Å²) in [5.74, 6) is 5.10. The Kier molecular flexibility index (Phi) is 6.15. The highest BCUT2D eigenvalue weighted by Gasteiger charge is 2.11. The van der Waals surface area contributed by atoms with Crippen molar-refractivity contribution in [2.24, 2.45) is 5.73 Å². The van der Waals surface area contributed by atoms with E-state index in [1.54, 1.807) is 12.1 Å². The van der Waals surface area contributed by atoms with Gasteiger partial charge in [0.05, 0.1) is 17.9 Å². The highest BCUT2D eigenvalue weighted by Crippen LogP contribution is 2.03. The topological polar surface area (TPSA) is 102 Å². The minimum Gasteiger partial charge on any atom is -0.351 e. The Hall–Kier alpha value is -1.91. The van der Waals surface area contributed by atoms with E-state index in [0.29, 0.717) is 12.0 Å². The maximum absolute atomic E-state index is 11.9. The molecule has 6 nitrogen and oxygen atoms in total. The van der Waals surface area contributed by atoms with E-state index < -0.39 is 9.84 Å². The monoisotopic (exact) mass is 295 g/mol. The number of pyridine rings is 1. The van der Waals surface area contributed by atoms with Gasteiger partial charge < -0.3 is 11.1 Å². The third kappa shape index (κ3) is 5.82. The summed E-state index contributed by atoms with van der Waals surface area (Å²) in [7, 11) is -3.01. The van der Waals surface area contributed by atoms with Crippen molar-refractivity contribution in [1.82, 2.24) is 10.3 Å². The van der Waals surface area contributed by atoms with E-state index >= 15 is 0 Å². The molecule has 0 unspecified atom stereocenters. The summed E-state index contributed by atoms with van der Waals surface area (Å²) in [6.45, 7) is 0.469. The predicted octanol–water partition coefficient (Wildman–Crippen LogP) is -0.444. The first-order chi connectivity index (χ1) is 9.44. The number of hydrogen-bond donors (Lipinski definition) is 2. The molecule has 1 aromatic heterocycles. The predicted molar refractivity (Wildman–Crippen MR) is 76.8 cm³/mol. The maximum Gasteiger partial charge on any atom is 0.271 e. The number of sulfone groups is 1. The summed E-state index contributed by atoms with van der Waals surface area (Å²) in [5.41, 5.74) is 6.00. The van der Waals surface area contributed by atoms with Crippen molar-refractivity contribution < 1.29 is 13.2 Å². The van der Waals surface area contributed by atoms with Crippen LogP contribution in [0, 0.1) is 11.8 Å². The molecule has 0 saturated carbocycles. The summed E-state index contributed by atoms with van der Waals surface area (Å²) in [6.07, 6.45) is 3.02. The fraction of sp³-hybridized carbons (Fsp3) is 0.385. The van der Waals surface area contributed by atoms with E-state index in [0.717, 1.165) is 6.26 Å². The number of rotatable bonds is 5. The highest BCUT2D eigenvalue weighted by atomic mass is 32.2. The minimum absolute atomic E-state index is 0.0370. The molecule has 1 heterocycles. The molecule has 0 aliphatic heterocycles. The number of hydrogen-bond acceptors (Lipinski definition) is 5. The van der Waals surface area contributed by atoms with Gasteiger partial charge in [-0.3, -0.25) is 4.79 Å². The van der Waals surface area contributed by atoms with E-state index in [1.165, 1.54) is 6.20 Å². The summed E-state index contributed by atoms with van der Waals surface area (Å²) in [4.78, 5) is 15.9. The van der Waals surface area contributed by atoms with Gasteiger partial charge in [-0.1, -0.05) is 11.8 Å². The zero-order chi connectivity index (χ0) is 15.0. The molecule has 7 heteroatoms. The number of aromatic nitrogens is 1. The van der Waals surface area contributed by atoms with Crippen LogP contribution in [0.25, 0.3) is 0 Å². The molecule has 0 saturated heterocycles. The average molecular weight is 295 g/mol. The van der Waals surface area contributed by atoms with Crippen LogP contribution in [0.4, 0.5) is 0 Å². The van der Waals surface area contributed by atoms with Crippen LogP contribution in [-0.2, 0) is 9.84 Å². The first-order valence-electron chi connectivity index (χ1n) is 6.04. The molecule has 1 aromatic rings. The van der Waals surface area contributed by atoms with Crippen molar-refractivity contribution in [1.29, 1.82) is 0 Å². The van der Waals surface area contributed by atoms with Gasteiger partial charge in [-0.15, -0.1) is 0 Å². The van der Waals surface area contributed by atoms with Crippen LogP contribution in [-0.4, -0.2) is 44.4 Å². The number of carbonyl (C=O) groups excluding carboxylic acids is 1. The summed E-state index contributed by atoms with van der Waals surface area (Å²) in [6, 6.07) is 3.36. The summed E-state index contributed by atoms with van der Waals surface area (Å²) >= 11 is 0. The second kappa shape index (κ2) is 7.62. The van der Waals surface area contributed by atoms with Gasteiger partial charge >= 0.3 is 0 Å². The molecule has 0 aromatic carbocycles. The number of nitrogens with one attached hydrogen (secondary N) is 1. The first-order valence-corrected chi connectivity index (χ1v) is 8.10. The van der Waals surface area contributed by atoms with Crippen molar-refractivity contribution in [3.05, 3.63) is 29.6 Å². The van der Waals surface area contributed by atoms with E-state index in [2.05, 4.69) is 22.1 Å². The van der Waals surface area contributed by atoms with Gasteiger partial charge in [0, 0.05) is 19.0 Å². The zero-order valence-electron chi connectivity index (χ0n) is 11.2. The van der Waals surface area contributed by atoms with Crippen molar-refractivity contribution in [2.45, 2.75) is 6.42 Å². The third-order valence-corrected chi connectivity index (χ3v) is 3.36. The summed E-state index contributed by atoms with van der Waals surface area (Å²) in [5, 5.41) is 2.62. The highest BCUT2D eigenvalue weighted by molar-refractivity contribution is 7.90. The quantitative estimate of drug-likeness (QED) is 0.566. The van der Waals surface area contributed by atoms with Gasteiger partial charge in [0.1, 0.15) is 15.5 Å².